The van der Waals surface area contributed by atoms with Gasteiger partial charge in [-0.2, -0.15) is 12.6 Å². The van der Waals surface area contributed by atoms with E-state index in [4.69, 9.17) is 5.41 Å². The molecule has 0 fully saturated rings. The summed E-state index contributed by atoms with van der Waals surface area (Å²) in [4.78, 5) is 0. The summed E-state index contributed by atoms with van der Waals surface area (Å²) in [5.41, 5.74) is 9.81. The largest absolute Gasteiger partial charge is 0.308 e. The van der Waals surface area contributed by atoms with Crippen molar-refractivity contribution < 1.29 is 0 Å². The minimum absolute atomic E-state index is 0.790. The van der Waals surface area contributed by atoms with Gasteiger partial charge in [0.15, 0.2) is 0 Å². The van der Waals surface area contributed by atoms with E-state index in [9.17, 15) is 0 Å². The molecule has 0 bridgehead atoms. The van der Waals surface area contributed by atoms with Crippen molar-refractivity contribution in [1.82, 2.24) is 0 Å². The highest BCUT2D eigenvalue weighted by Gasteiger charge is 2.16. The van der Waals surface area contributed by atoms with Crippen molar-refractivity contribution in [3.8, 4) is 22.3 Å². The molecule has 6 aromatic rings. The summed E-state index contributed by atoms with van der Waals surface area (Å²) in [5, 5.41) is 15.2. The maximum absolute atomic E-state index is 7.90. The van der Waals surface area contributed by atoms with Gasteiger partial charge in [0.1, 0.15) is 0 Å². The Kier molecular flexibility index (Phi) is 11.7. The number of rotatable bonds is 7. The highest BCUT2D eigenvalue weighted by molar-refractivity contribution is 7.79. The highest BCUT2D eigenvalue weighted by atomic mass is 32.1. The number of hydrogen-bond donors (Lipinski definition) is 2. The zero-order valence-corrected chi connectivity index (χ0v) is 28.5. The summed E-state index contributed by atoms with van der Waals surface area (Å²) >= 11 is 3.53. The van der Waals surface area contributed by atoms with E-state index in [0.717, 1.165) is 27.7 Å². The van der Waals surface area contributed by atoms with Crippen molar-refractivity contribution in [1.29, 1.82) is 5.41 Å². The molecule has 0 saturated carbocycles. The van der Waals surface area contributed by atoms with Gasteiger partial charge in [-0.05, 0) is 115 Å². The van der Waals surface area contributed by atoms with Crippen molar-refractivity contribution in [2.45, 2.75) is 27.7 Å². The topological polar surface area (TPSA) is 23.9 Å². The van der Waals surface area contributed by atoms with Gasteiger partial charge in [-0.1, -0.05) is 142 Å². The molecule has 1 nitrogen and oxygen atoms in total. The summed E-state index contributed by atoms with van der Waals surface area (Å²) in [7, 11) is 0. The van der Waals surface area contributed by atoms with Gasteiger partial charge >= 0.3 is 0 Å². The molecule has 6 aromatic carbocycles. The third-order valence-electron chi connectivity index (χ3n) is 8.09. The Morgan fingerprint density at radius 1 is 0.652 bits per heavy atom. The fraction of sp³-hybridized carbons (Fsp3) is 0.114. The number of aryl methyl sites for hydroxylation is 1. The van der Waals surface area contributed by atoms with Crippen LogP contribution in [0, 0.1) is 12.3 Å². The van der Waals surface area contributed by atoms with Gasteiger partial charge in [-0.25, -0.2) is 0 Å². The first-order valence-electron chi connectivity index (χ1n) is 15.7. The number of thiol groups is 1. The Morgan fingerprint density at radius 3 is 1.70 bits per heavy atom. The van der Waals surface area contributed by atoms with Crippen LogP contribution in [0.25, 0.3) is 60.1 Å². The molecular formula is C44H43NS. The maximum Gasteiger partial charge on any atom is 0.0256 e. The molecule has 0 amide bonds. The van der Waals surface area contributed by atoms with Crippen LogP contribution in [-0.2, 0) is 0 Å². The first-order chi connectivity index (χ1) is 22.5. The standard InChI is InChI=1S/C41H33N.C2H6.CH4S/c1-5-29(6-2)35(26-42)23-28(4)31-20-18-30-19-21-33(25-34(30)24-31)41-38-16-9-7-14-36(38)40(32-13-11-12-27(3)22-32)37-15-8-10-17-39(37)41;2*1-2/h5-26,42H,1,4H2,2-3H3;1-2H3;2H,1H3/b29-6+,35-23+,42-26?;;. The van der Waals surface area contributed by atoms with Crippen LogP contribution in [0.1, 0.15) is 31.9 Å². The molecule has 0 aliphatic rings. The minimum atomic E-state index is 0.790. The second kappa shape index (κ2) is 15.9. The molecule has 46 heavy (non-hydrogen) atoms. The fourth-order valence-electron chi connectivity index (χ4n) is 6.03. The van der Waals surface area contributed by atoms with E-state index in [-0.39, 0.29) is 0 Å². The van der Waals surface area contributed by atoms with Crippen LogP contribution in [0.15, 0.2) is 152 Å². The average Bonchev–Trinajstić information content (AvgIpc) is 3.11. The van der Waals surface area contributed by atoms with Gasteiger partial charge in [0.05, 0.1) is 0 Å². The lowest BCUT2D eigenvalue weighted by Crippen LogP contribution is -1.91. The zero-order valence-electron chi connectivity index (χ0n) is 27.6. The molecule has 0 heterocycles. The maximum atomic E-state index is 7.90. The van der Waals surface area contributed by atoms with E-state index in [1.165, 1.54) is 61.0 Å². The summed E-state index contributed by atoms with van der Waals surface area (Å²) in [6.45, 7) is 16.3. The van der Waals surface area contributed by atoms with E-state index in [0.29, 0.717) is 0 Å². The summed E-state index contributed by atoms with van der Waals surface area (Å²) in [6.07, 6.45) is 8.75. The number of hydrogen-bond acceptors (Lipinski definition) is 2. The van der Waals surface area contributed by atoms with Crippen molar-refractivity contribution in [2.75, 3.05) is 6.26 Å². The third kappa shape index (κ3) is 6.83. The van der Waals surface area contributed by atoms with Crippen LogP contribution in [0.2, 0.25) is 0 Å². The van der Waals surface area contributed by atoms with Crippen LogP contribution in [0.3, 0.4) is 0 Å². The van der Waals surface area contributed by atoms with Gasteiger partial charge in [-0.15, -0.1) is 0 Å². The molecule has 230 valence electrons. The molecule has 0 atom stereocenters. The molecule has 0 saturated heterocycles. The van der Waals surface area contributed by atoms with Crippen molar-refractivity contribution in [3.05, 3.63) is 163 Å². The van der Waals surface area contributed by atoms with Gasteiger partial charge in [0.25, 0.3) is 0 Å². The van der Waals surface area contributed by atoms with Crippen LogP contribution in [0.4, 0.5) is 0 Å². The van der Waals surface area contributed by atoms with Crippen LogP contribution >= 0.6 is 12.6 Å². The Balaban J connectivity index is 0.00000116. The molecule has 0 aromatic heterocycles. The normalized spacial score (nSPS) is 11.3. The quantitative estimate of drug-likeness (QED) is 0.0771. The minimum Gasteiger partial charge on any atom is -0.308 e. The molecular weight excluding hydrogens is 575 g/mol. The predicted molar refractivity (Wildman–Crippen MR) is 211 cm³/mol. The lowest BCUT2D eigenvalue weighted by atomic mass is 9.85. The molecule has 0 aliphatic carbocycles. The number of nitrogens with one attached hydrogen (secondary N) is 1. The Bertz CT molecular complexity index is 2050. The molecule has 0 spiro atoms. The fourth-order valence-corrected chi connectivity index (χ4v) is 6.03. The lowest BCUT2D eigenvalue weighted by Gasteiger charge is -2.18. The van der Waals surface area contributed by atoms with Crippen LogP contribution in [0.5, 0.6) is 0 Å². The number of fused-ring (bicyclic) bond motifs is 3. The summed E-state index contributed by atoms with van der Waals surface area (Å²) < 4.78 is 0. The smallest absolute Gasteiger partial charge is 0.0256 e. The van der Waals surface area contributed by atoms with Crippen LogP contribution < -0.4 is 0 Å². The Morgan fingerprint density at radius 2 is 1.20 bits per heavy atom. The number of allylic oxidation sites excluding steroid dienone is 6. The van der Waals surface area contributed by atoms with E-state index >= 15 is 0 Å². The first kappa shape index (κ1) is 34.0. The van der Waals surface area contributed by atoms with Gasteiger partial charge in [0, 0.05) is 6.21 Å². The predicted octanol–water partition coefficient (Wildman–Crippen LogP) is 13.1. The summed E-state index contributed by atoms with van der Waals surface area (Å²) in [5.74, 6) is 0. The molecule has 0 unspecified atom stereocenters. The van der Waals surface area contributed by atoms with Gasteiger partial charge < -0.3 is 5.41 Å². The zero-order chi connectivity index (χ0) is 33.2. The van der Waals surface area contributed by atoms with Crippen molar-refractivity contribution in [2.24, 2.45) is 0 Å². The monoisotopic (exact) mass is 617 g/mol. The second-order valence-corrected chi connectivity index (χ2v) is 10.7. The first-order valence-corrected chi connectivity index (χ1v) is 16.6. The SMILES string of the molecule is C=CC(=C\C)/C(C=N)=C/C(=C)c1ccc2ccc(-c3c4ccccc4c(-c4cccc(C)c4)c4ccccc34)cc2c1.CC.CS. The second-order valence-electron chi connectivity index (χ2n) is 10.7. The Hall–Kier alpha value is -4.92. The van der Waals surface area contributed by atoms with Crippen molar-refractivity contribution in [3.63, 3.8) is 0 Å². The van der Waals surface area contributed by atoms with Crippen molar-refractivity contribution >= 4 is 56.7 Å². The molecule has 6 rings (SSSR count). The molecule has 0 aliphatic heterocycles. The van der Waals surface area contributed by atoms with Gasteiger partial charge in [-0.3, -0.25) is 0 Å². The van der Waals surface area contributed by atoms with Gasteiger partial charge in [0.2, 0.25) is 0 Å². The van der Waals surface area contributed by atoms with E-state index in [1.54, 1.807) is 12.3 Å². The van der Waals surface area contributed by atoms with E-state index in [2.05, 4.69) is 142 Å². The molecule has 1 N–H and O–H groups in total. The molecule has 2 heteroatoms. The van der Waals surface area contributed by atoms with Crippen LogP contribution in [-0.4, -0.2) is 12.5 Å². The third-order valence-corrected chi connectivity index (χ3v) is 8.09. The number of benzene rings is 6. The molecule has 0 radical (unpaired) electrons. The lowest BCUT2D eigenvalue weighted by molar-refractivity contribution is 1.47. The van der Waals surface area contributed by atoms with E-state index < -0.39 is 0 Å². The van der Waals surface area contributed by atoms with E-state index in [1.807, 2.05) is 32.9 Å². The summed E-state index contributed by atoms with van der Waals surface area (Å²) in [6, 6.07) is 39.6. The Labute approximate surface area is 280 Å². The average molecular weight is 618 g/mol. The highest BCUT2D eigenvalue weighted by Crippen LogP contribution is 2.44.